The minimum absolute atomic E-state index is 0.0820. The zero-order chi connectivity index (χ0) is 19.3. The number of hydrogen-bond acceptors (Lipinski definition) is 3. The van der Waals surface area contributed by atoms with Crippen molar-refractivity contribution in [2.45, 2.75) is 44.6 Å². The zero-order valence-corrected chi connectivity index (χ0v) is 16.0. The highest BCUT2D eigenvalue weighted by Crippen LogP contribution is 2.49. The lowest BCUT2D eigenvalue weighted by Crippen LogP contribution is -2.35. The summed E-state index contributed by atoms with van der Waals surface area (Å²) in [5.41, 5.74) is 1.48. The van der Waals surface area contributed by atoms with Crippen LogP contribution < -0.4 is 5.32 Å². The van der Waals surface area contributed by atoms with Gasteiger partial charge in [-0.25, -0.2) is 0 Å². The second kappa shape index (κ2) is 8.38. The molecular weight excluding hydrogens is 338 g/mol. The molecule has 0 saturated heterocycles. The Morgan fingerprint density at radius 3 is 2.15 bits per heavy atom. The Morgan fingerprint density at radius 2 is 1.59 bits per heavy atom. The fraction of sp³-hybridized carbons (Fsp3) is 0.391. The predicted octanol–water partition coefficient (Wildman–Crippen LogP) is 4.17. The van der Waals surface area contributed by atoms with E-state index >= 15 is 0 Å². The number of ether oxygens (including phenoxy) is 1. The summed E-state index contributed by atoms with van der Waals surface area (Å²) >= 11 is 0. The van der Waals surface area contributed by atoms with E-state index in [1.807, 2.05) is 60.7 Å². The lowest BCUT2D eigenvalue weighted by atomic mass is 9.96. The first-order valence-corrected chi connectivity index (χ1v) is 9.58. The van der Waals surface area contributed by atoms with Gasteiger partial charge in [0.25, 0.3) is 5.91 Å². The van der Waals surface area contributed by atoms with Crippen LogP contribution in [-0.4, -0.2) is 18.5 Å². The summed E-state index contributed by atoms with van der Waals surface area (Å²) in [5, 5.41) is 3.02. The average Bonchev–Trinajstić information content (AvgIpc) is 3.49. The Balaban J connectivity index is 1.57. The molecule has 27 heavy (non-hydrogen) atoms. The smallest absolute Gasteiger partial charge is 0.317 e. The maximum absolute atomic E-state index is 12.6. The quantitative estimate of drug-likeness (QED) is 0.715. The molecule has 0 aliphatic heterocycles. The summed E-state index contributed by atoms with van der Waals surface area (Å²) in [6.07, 6.45) is 2.38. The number of rotatable bonds is 8. The molecule has 1 saturated carbocycles. The number of carbonyl (C=O) groups excluding carboxylic acids is 2. The molecule has 1 aliphatic carbocycles. The van der Waals surface area contributed by atoms with Crippen LogP contribution in [0, 0.1) is 5.92 Å². The van der Waals surface area contributed by atoms with Crippen molar-refractivity contribution in [2.75, 3.05) is 6.61 Å². The molecule has 1 N–H and O–H groups in total. The zero-order valence-electron chi connectivity index (χ0n) is 16.0. The third kappa shape index (κ3) is 4.76. The maximum Gasteiger partial charge on any atom is 0.317 e. The minimum atomic E-state index is -0.557. The van der Waals surface area contributed by atoms with E-state index in [0.717, 1.165) is 30.4 Å². The first kappa shape index (κ1) is 19.2. The summed E-state index contributed by atoms with van der Waals surface area (Å²) in [7, 11) is 0. The van der Waals surface area contributed by atoms with Gasteiger partial charge in [0.05, 0.1) is 11.5 Å². The van der Waals surface area contributed by atoms with Gasteiger partial charge in [-0.05, 0) is 36.3 Å². The van der Waals surface area contributed by atoms with Crippen LogP contribution in [0.1, 0.15) is 50.3 Å². The van der Waals surface area contributed by atoms with Crippen LogP contribution in [0.25, 0.3) is 0 Å². The van der Waals surface area contributed by atoms with Crippen molar-refractivity contribution in [3.8, 4) is 0 Å². The van der Waals surface area contributed by atoms with E-state index in [9.17, 15) is 9.59 Å². The Bertz CT molecular complexity index is 767. The van der Waals surface area contributed by atoms with E-state index in [1.165, 1.54) is 0 Å². The molecule has 1 amide bonds. The third-order valence-corrected chi connectivity index (χ3v) is 5.05. The van der Waals surface area contributed by atoms with Crippen molar-refractivity contribution in [2.24, 2.45) is 5.92 Å². The molecule has 2 aromatic carbocycles. The van der Waals surface area contributed by atoms with E-state index in [2.05, 4.69) is 19.2 Å². The van der Waals surface area contributed by atoms with Crippen LogP contribution in [0.2, 0.25) is 0 Å². The van der Waals surface area contributed by atoms with Gasteiger partial charge in [-0.2, -0.15) is 0 Å². The maximum atomic E-state index is 12.6. The fourth-order valence-electron chi connectivity index (χ4n) is 3.43. The molecule has 2 aromatic rings. The van der Waals surface area contributed by atoms with E-state index in [0.29, 0.717) is 5.92 Å². The Hall–Kier alpha value is -2.62. The predicted molar refractivity (Wildman–Crippen MR) is 105 cm³/mol. The van der Waals surface area contributed by atoms with Crippen molar-refractivity contribution < 1.29 is 14.3 Å². The molecule has 3 rings (SSSR count). The highest BCUT2D eigenvalue weighted by Gasteiger charge is 2.52. The third-order valence-electron chi connectivity index (χ3n) is 5.05. The molecule has 0 spiro atoms. The molecule has 0 unspecified atom stereocenters. The van der Waals surface area contributed by atoms with E-state index in [-0.39, 0.29) is 24.5 Å². The number of amides is 1. The molecule has 0 aromatic heterocycles. The molecule has 142 valence electrons. The summed E-state index contributed by atoms with van der Waals surface area (Å²) in [6, 6.07) is 19.5. The molecular formula is C23H27NO3. The first-order valence-electron chi connectivity index (χ1n) is 9.58. The van der Waals surface area contributed by atoms with Crippen LogP contribution in [-0.2, 0) is 19.7 Å². The van der Waals surface area contributed by atoms with Crippen molar-refractivity contribution in [3.05, 3.63) is 71.8 Å². The lowest BCUT2D eigenvalue weighted by Gasteiger charge is -2.21. The number of carbonyl (C=O) groups is 2. The summed E-state index contributed by atoms with van der Waals surface area (Å²) in [4.78, 5) is 25.0. The first-order chi connectivity index (χ1) is 13.0. The van der Waals surface area contributed by atoms with Crippen LogP contribution in [0.15, 0.2) is 60.7 Å². The largest absolute Gasteiger partial charge is 0.455 e. The van der Waals surface area contributed by atoms with Crippen LogP contribution in [0.3, 0.4) is 0 Å². The Kier molecular flexibility index (Phi) is 5.94. The van der Waals surface area contributed by atoms with Gasteiger partial charge < -0.3 is 10.1 Å². The molecule has 4 heteroatoms. The molecule has 0 bridgehead atoms. The Morgan fingerprint density at radius 1 is 1.00 bits per heavy atom. The molecule has 1 atom stereocenters. The van der Waals surface area contributed by atoms with Crippen LogP contribution in [0.5, 0.6) is 0 Å². The minimum Gasteiger partial charge on any atom is -0.455 e. The Labute approximate surface area is 160 Å². The fourth-order valence-corrected chi connectivity index (χ4v) is 3.43. The van der Waals surface area contributed by atoms with Gasteiger partial charge in [0, 0.05) is 0 Å². The summed E-state index contributed by atoms with van der Waals surface area (Å²) < 4.78 is 5.38. The molecule has 4 nitrogen and oxygen atoms in total. The van der Waals surface area contributed by atoms with Crippen LogP contribution >= 0.6 is 0 Å². The highest BCUT2D eigenvalue weighted by atomic mass is 16.5. The average molecular weight is 365 g/mol. The van der Waals surface area contributed by atoms with E-state index in [1.54, 1.807) is 0 Å². The van der Waals surface area contributed by atoms with Crippen molar-refractivity contribution in [1.82, 2.24) is 5.32 Å². The van der Waals surface area contributed by atoms with Gasteiger partial charge in [0.2, 0.25) is 0 Å². The van der Waals surface area contributed by atoms with E-state index < -0.39 is 5.41 Å². The number of esters is 1. The summed E-state index contributed by atoms with van der Waals surface area (Å²) in [6.45, 7) is 4.01. The molecule has 0 radical (unpaired) electrons. The topological polar surface area (TPSA) is 55.4 Å². The number of benzene rings is 2. The van der Waals surface area contributed by atoms with Gasteiger partial charge in [-0.3, -0.25) is 9.59 Å². The van der Waals surface area contributed by atoms with Gasteiger partial charge in [0.15, 0.2) is 6.61 Å². The van der Waals surface area contributed by atoms with Crippen LogP contribution in [0.4, 0.5) is 0 Å². The second-order valence-corrected chi connectivity index (χ2v) is 7.68. The number of nitrogens with one attached hydrogen (secondary N) is 1. The normalized spacial score (nSPS) is 15.8. The molecule has 1 fully saturated rings. The van der Waals surface area contributed by atoms with Gasteiger partial charge in [0.1, 0.15) is 0 Å². The SMILES string of the molecule is CC(C)C[C@H](NC(=O)COC(=O)C1(c2ccccc2)CC1)c1ccccc1. The summed E-state index contributed by atoms with van der Waals surface area (Å²) in [5.74, 6) is -0.128. The van der Waals surface area contributed by atoms with Crippen molar-refractivity contribution in [3.63, 3.8) is 0 Å². The number of hydrogen-bond donors (Lipinski definition) is 1. The highest BCUT2D eigenvalue weighted by molar-refractivity contribution is 5.89. The van der Waals surface area contributed by atoms with E-state index in [4.69, 9.17) is 4.74 Å². The van der Waals surface area contributed by atoms with Crippen molar-refractivity contribution >= 4 is 11.9 Å². The second-order valence-electron chi connectivity index (χ2n) is 7.68. The molecule has 0 heterocycles. The van der Waals surface area contributed by atoms with Gasteiger partial charge in [-0.15, -0.1) is 0 Å². The van der Waals surface area contributed by atoms with Crippen molar-refractivity contribution in [1.29, 1.82) is 0 Å². The lowest BCUT2D eigenvalue weighted by molar-refractivity contribution is -0.151. The standard InChI is InChI=1S/C23H27NO3/c1-17(2)15-20(18-9-5-3-6-10-18)24-21(25)16-27-22(26)23(13-14-23)19-11-7-4-8-12-19/h3-12,17,20H,13-16H2,1-2H3,(H,24,25)/t20-/m0/s1. The van der Waals surface area contributed by atoms with Gasteiger partial charge >= 0.3 is 5.97 Å². The molecule has 1 aliphatic rings. The van der Waals surface area contributed by atoms with Gasteiger partial charge in [-0.1, -0.05) is 74.5 Å². The monoisotopic (exact) mass is 365 g/mol.